The molecule has 0 fully saturated rings. The van der Waals surface area contributed by atoms with Crippen molar-refractivity contribution in [3.63, 3.8) is 0 Å². The maximum Gasteiger partial charge on any atom is 0.407 e. The summed E-state index contributed by atoms with van der Waals surface area (Å²) in [7, 11) is 0. The van der Waals surface area contributed by atoms with Gasteiger partial charge in [0.05, 0.1) is 6.20 Å². The molecule has 31 heavy (non-hydrogen) atoms. The van der Waals surface area contributed by atoms with Gasteiger partial charge >= 0.3 is 12.1 Å². The smallest absolute Gasteiger partial charge is 0.407 e. The Kier molecular flexibility index (Phi) is 5.75. The number of fused-ring (bicyclic) bond motifs is 3. The van der Waals surface area contributed by atoms with E-state index >= 15 is 0 Å². The minimum Gasteiger partial charge on any atom is -0.480 e. The SMILES string of the molecule is CC(C)n1cc(CC(NC(=O)OCC2c3ccccc3-c3ccccc32)C(=O)O)cn1. The molecule has 0 bridgehead atoms. The molecule has 7 nitrogen and oxygen atoms in total. The molecule has 0 saturated carbocycles. The topological polar surface area (TPSA) is 93.5 Å². The number of ether oxygens (including phenoxy) is 1. The highest BCUT2D eigenvalue weighted by Gasteiger charge is 2.29. The summed E-state index contributed by atoms with van der Waals surface area (Å²) in [5.74, 6) is -1.20. The van der Waals surface area contributed by atoms with Crippen molar-refractivity contribution in [3.8, 4) is 11.1 Å². The van der Waals surface area contributed by atoms with Crippen LogP contribution in [0.4, 0.5) is 4.79 Å². The normalized spacial score (nSPS) is 13.5. The van der Waals surface area contributed by atoms with Crippen molar-refractivity contribution >= 4 is 12.1 Å². The van der Waals surface area contributed by atoms with Gasteiger partial charge in [-0.3, -0.25) is 4.68 Å². The first-order chi connectivity index (χ1) is 14.9. The predicted molar refractivity (Wildman–Crippen MR) is 116 cm³/mol. The van der Waals surface area contributed by atoms with E-state index in [-0.39, 0.29) is 25.0 Å². The van der Waals surface area contributed by atoms with Gasteiger partial charge in [0.15, 0.2) is 0 Å². The average molecular weight is 419 g/mol. The van der Waals surface area contributed by atoms with E-state index in [0.717, 1.165) is 27.8 Å². The molecule has 1 aliphatic carbocycles. The van der Waals surface area contributed by atoms with Gasteiger partial charge in [-0.15, -0.1) is 0 Å². The number of aliphatic carboxylic acids is 1. The number of carboxylic acids is 1. The molecular weight excluding hydrogens is 394 g/mol. The zero-order valence-corrected chi connectivity index (χ0v) is 17.5. The molecule has 1 aromatic heterocycles. The Morgan fingerprint density at radius 3 is 2.26 bits per heavy atom. The minimum absolute atomic E-state index is 0.0781. The van der Waals surface area contributed by atoms with Crippen LogP contribution in [0.2, 0.25) is 0 Å². The van der Waals surface area contributed by atoms with Crippen molar-refractivity contribution in [2.24, 2.45) is 0 Å². The number of carbonyl (C=O) groups is 2. The summed E-state index contributed by atoms with van der Waals surface area (Å²) in [6.45, 7) is 4.11. The molecular formula is C24H25N3O4. The van der Waals surface area contributed by atoms with E-state index in [1.807, 2.05) is 50.2 Å². The van der Waals surface area contributed by atoms with Gasteiger partial charge in [0.25, 0.3) is 0 Å². The Morgan fingerprint density at radius 1 is 1.10 bits per heavy atom. The largest absolute Gasteiger partial charge is 0.480 e. The number of nitrogens with zero attached hydrogens (tertiary/aromatic N) is 2. The Bertz CT molecular complexity index is 1060. The first kappa shape index (κ1) is 20.7. The van der Waals surface area contributed by atoms with E-state index in [0.29, 0.717) is 0 Å². The van der Waals surface area contributed by atoms with Gasteiger partial charge in [0.1, 0.15) is 12.6 Å². The van der Waals surface area contributed by atoms with Gasteiger partial charge < -0.3 is 15.2 Å². The van der Waals surface area contributed by atoms with Gasteiger partial charge in [0, 0.05) is 24.6 Å². The predicted octanol–water partition coefficient (Wildman–Crippen LogP) is 4.00. The highest BCUT2D eigenvalue weighted by atomic mass is 16.5. The van der Waals surface area contributed by atoms with Gasteiger partial charge in [-0.25, -0.2) is 9.59 Å². The third kappa shape index (κ3) is 4.30. The number of carbonyl (C=O) groups excluding carboxylic acids is 1. The van der Waals surface area contributed by atoms with Crippen molar-refractivity contribution < 1.29 is 19.4 Å². The number of hydrogen-bond donors (Lipinski definition) is 2. The maximum atomic E-state index is 12.4. The lowest BCUT2D eigenvalue weighted by Crippen LogP contribution is -2.42. The van der Waals surface area contributed by atoms with Gasteiger partial charge in [0.2, 0.25) is 0 Å². The molecule has 1 atom stereocenters. The molecule has 1 heterocycles. The molecule has 3 aromatic rings. The Labute approximate surface area is 180 Å². The summed E-state index contributed by atoms with van der Waals surface area (Å²) in [4.78, 5) is 24.1. The highest BCUT2D eigenvalue weighted by molar-refractivity contribution is 5.81. The lowest BCUT2D eigenvalue weighted by molar-refractivity contribution is -0.139. The van der Waals surface area contributed by atoms with Crippen LogP contribution < -0.4 is 5.32 Å². The van der Waals surface area contributed by atoms with E-state index in [1.165, 1.54) is 0 Å². The number of benzene rings is 2. The van der Waals surface area contributed by atoms with Crippen LogP contribution in [0.25, 0.3) is 11.1 Å². The van der Waals surface area contributed by atoms with Crippen LogP contribution in [0.3, 0.4) is 0 Å². The molecule has 0 saturated heterocycles. The maximum absolute atomic E-state index is 12.4. The van der Waals surface area contributed by atoms with Crippen LogP contribution in [0.5, 0.6) is 0 Å². The third-order valence-electron chi connectivity index (χ3n) is 5.56. The van der Waals surface area contributed by atoms with E-state index < -0.39 is 18.1 Å². The van der Waals surface area contributed by atoms with Gasteiger partial charge in [-0.1, -0.05) is 48.5 Å². The third-order valence-corrected chi connectivity index (χ3v) is 5.56. The molecule has 0 radical (unpaired) electrons. The van der Waals surface area contributed by atoms with Crippen LogP contribution >= 0.6 is 0 Å². The molecule has 1 unspecified atom stereocenters. The summed E-state index contributed by atoms with van der Waals surface area (Å²) in [6.07, 6.45) is 2.80. The van der Waals surface area contributed by atoms with Crippen molar-refractivity contribution in [1.29, 1.82) is 0 Å². The summed E-state index contributed by atoms with van der Waals surface area (Å²) in [5.41, 5.74) is 5.22. The molecule has 2 aromatic carbocycles. The molecule has 4 rings (SSSR count). The first-order valence-electron chi connectivity index (χ1n) is 10.3. The highest BCUT2D eigenvalue weighted by Crippen LogP contribution is 2.44. The van der Waals surface area contributed by atoms with Crippen LogP contribution in [0, 0.1) is 0 Å². The van der Waals surface area contributed by atoms with E-state index in [4.69, 9.17) is 4.74 Å². The minimum atomic E-state index is -1.12. The summed E-state index contributed by atoms with van der Waals surface area (Å²) in [6, 6.07) is 15.2. The van der Waals surface area contributed by atoms with Crippen molar-refractivity contribution in [1.82, 2.24) is 15.1 Å². The summed E-state index contributed by atoms with van der Waals surface area (Å²) < 4.78 is 7.22. The van der Waals surface area contributed by atoms with Crippen LogP contribution in [-0.2, 0) is 16.0 Å². The standard InChI is InChI=1S/C24H25N3O4/c1-15(2)27-13-16(12-25-27)11-22(23(28)29)26-24(30)31-14-21-19-9-5-3-7-17(19)18-8-4-6-10-20(18)21/h3-10,12-13,15,21-22H,11,14H2,1-2H3,(H,26,30)(H,28,29). The zero-order valence-electron chi connectivity index (χ0n) is 17.5. The molecule has 160 valence electrons. The number of aromatic nitrogens is 2. The number of carboxylic acid groups (broad SMARTS) is 1. The zero-order chi connectivity index (χ0) is 22.0. The molecule has 1 amide bonds. The van der Waals surface area contributed by atoms with Crippen LogP contribution in [0.15, 0.2) is 60.9 Å². The second-order valence-electron chi connectivity index (χ2n) is 7.99. The van der Waals surface area contributed by atoms with Crippen molar-refractivity contribution in [2.75, 3.05) is 6.61 Å². The second-order valence-corrected chi connectivity index (χ2v) is 7.99. The van der Waals surface area contributed by atoms with E-state index in [9.17, 15) is 14.7 Å². The lowest BCUT2D eigenvalue weighted by atomic mass is 9.98. The van der Waals surface area contributed by atoms with Crippen molar-refractivity contribution in [2.45, 2.75) is 38.3 Å². The first-order valence-corrected chi connectivity index (χ1v) is 10.3. The number of amides is 1. The van der Waals surface area contributed by atoms with E-state index in [2.05, 4.69) is 22.5 Å². The lowest BCUT2D eigenvalue weighted by Gasteiger charge is -2.17. The second kappa shape index (κ2) is 8.63. The van der Waals surface area contributed by atoms with Gasteiger partial charge in [-0.2, -0.15) is 5.10 Å². The number of alkyl carbamates (subject to hydrolysis) is 1. The van der Waals surface area contributed by atoms with Crippen molar-refractivity contribution in [3.05, 3.63) is 77.6 Å². The number of rotatable bonds is 7. The van der Waals surface area contributed by atoms with Crippen LogP contribution in [-0.4, -0.2) is 39.6 Å². The molecule has 2 N–H and O–H groups in total. The molecule has 0 aliphatic heterocycles. The molecule has 0 spiro atoms. The summed E-state index contributed by atoms with van der Waals surface area (Å²) in [5, 5.41) is 16.2. The van der Waals surface area contributed by atoms with Gasteiger partial charge in [-0.05, 0) is 41.7 Å². The fourth-order valence-corrected chi connectivity index (χ4v) is 3.98. The fourth-order valence-electron chi connectivity index (χ4n) is 3.98. The Balaban J connectivity index is 1.41. The summed E-state index contributed by atoms with van der Waals surface area (Å²) >= 11 is 0. The quantitative estimate of drug-likeness (QED) is 0.604. The molecule has 7 heteroatoms. The number of hydrogen-bond acceptors (Lipinski definition) is 4. The average Bonchev–Trinajstić information content (AvgIpc) is 3.35. The molecule has 1 aliphatic rings. The van der Waals surface area contributed by atoms with Crippen LogP contribution in [0.1, 0.15) is 42.5 Å². The fraction of sp³-hybridized carbons (Fsp3) is 0.292. The Morgan fingerprint density at radius 2 is 1.71 bits per heavy atom. The monoisotopic (exact) mass is 419 g/mol. The number of nitrogens with one attached hydrogen (secondary N) is 1. The van der Waals surface area contributed by atoms with E-state index in [1.54, 1.807) is 17.1 Å². The Hall–Kier alpha value is -3.61.